The molecule has 38 heavy (non-hydrogen) atoms. The van der Waals surface area contributed by atoms with Gasteiger partial charge in [-0.25, -0.2) is 21.5 Å². The smallest absolute Gasteiger partial charge is 0.253 e. The van der Waals surface area contributed by atoms with E-state index in [4.69, 9.17) is 11.6 Å². The lowest BCUT2D eigenvalue weighted by Crippen LogP contribution is -2.42. The van der Waals surface area contributed by atoms with E-state index in [0.717, 1.165) is 10.6 Å². The number of sulfonamides is 1. The number of amides is 3. The predicted octanol–water partition coefficient (Wildman–Crippen LogP) is 3.30. The highest BCUT2D eigenvalue weighted by atomic mass is 35.5. The van der Waals surface area contributed by atoms with E-state index in [1.165, 1.54) is 29.2 Å². The molecule has 2 aromatic rings. The zero-order chi connectivity index (χ0) is 27.7. The molecule has 9 nitrogen and oxygen atoms in total. The maximum absolute atomic E-state index is 13.4. The van der Waals surface area contributed by atoms with Gasteiger partial charge >= 0.3 is 0 Å². The van der Waals surface area contributed by atoms with Crippen LogP contribution in [0, 0.1) is 11.8 Å². The summed E-state index contributed by atoms with van der Waals surface area (Å²) in [5, 5.41) is 5.87. The van der Waals surface area contributed by atoms with Crippen LogP contribution in [0.5, 0.6) is 0 Å². The minimum atomic E-state index is -3.65. The second kappa shape index (κ2) is 11.0. The van der Waals surface area contributed by atoms with Gasteiger partial charge in [0, 0.05) is 61.0 Å². The number of rotatable bonds is 6. The summed E-state index contributed by atoms with van der Waals surface area (Å²) < 4.78 is 52.2. The maximum Gasteiger partial charge on any atom is 0.253 e. The van der Waals surface area contributed by atoms with E-state index in [0.29, 0.717) is 16.4 Å². The molecule has 2 aliphatic rings. The van der Waals surface area contributed by atoms with Gasteiger partial charge in [-0.3, -0.25) is 14.4 Å². The number of benzene rings is 2. The molecule has 204 valence electrons. The van der Waals surface area contributed by atoms with Crippen LogP contribution in [0.3, 0.4) is 0 Å². The maximum atomic E-state index is 13.4. The number of halogens is 3. The van der Waals surface area contributed by atoms with Crippen LogP contribution in [-0.2, 0) is 19.6 Å². The van der Waals surface area contributed by atoms with Crippen LogP contribution in [0.4, 0.5) is 20.2 Å². The number of hydrogen-bond acceptors (Lipinski definition) is 5. The Hall–Kier alpha value is -3.09. The van der Waals surface area contributed by atoms with Crippen LogP contribution >= 0.6 is 11.6 Å². The van der Waals surface area contributed by atoms with Crippen LogP contribution in [0.25, 0.3) is 0 Å². The molecule has 3 amide bonds. The summed E-state index contributed by atoms with van der Waals surface area (Å²) in [7, 11) is -3.65. The molecule has 4 rings (SSSR count). The lowest BCUT2D eigenvalue weighted by Gasteiger charge is -2.31. The fraction of sp³-hybridized carbons (Fsp3) is 0.400. The number of anilines is 2. The van der Waals surface area contributed by atoms with E-state index in [2.05, 4.69) is 10.6 Å². The Kier molecular flexibility index (Phi) is 8.05. The van der Waals surface area contributed by atoms with E-state index >= 15 is 0 Å². The van der Waals surface area contributed by atoms with Gasteiger partial charge in [0.25, 0.3) is 11.8 Å². The minimum absolute atomic E-state index is 0.0394. The molecule has 0 unspecified atom stereocenters. The third-order valence-electron chi connectivity index (χ3n) is 6.72. The first-order chi connectivity index (χ1) is 17.8. The number of carbonyl (C=O) groups excluding carboxylic acids is 3. The van der Waals surface area contributed by atoms with Gasteiger partial charge in [-0.2, -0.15) is 0 Å². The average Bonchev–Trinajstić information content (AvgIpc) is 3.32. The summed E-state index contributed by atoms with van der Waals surface area (Å²) in [6, 6.07) is 12.3. The third kappa shape index (κ3) is 6.66. The highest BCUT2D eigenvalue weighted by molar-refractivity contribution is 7.88. The van der Waals surface area contributed by atoms with Crippen molar-refractivity contribution in [1.29, 1.82) is 0 Å². The van der Waals surface area contributed by atoms with Crippen molar-refractivity contribution in [2.75, 3.05) is 43.1 Å². The van der Waals surface area contributed by atoms with Crippen molar-refractivity contribution in [1.82, 2.24) is 9.21 Å². The number of nitrogens with one attached hydrogen (secondary N) is 2. The van der Waals surface area contributed by atoms with Crippen LogP contribution in [0.2, 0.25) is 5.02 Å². The summed E-state index contributed by atoms with van der Waals surface area (Å²) in [4.78, 5) is 40.2. The van der Waals surface area contributed by atoms with Crippen molar-refractivity contribution in [3.8, 4) is 0 Å². The van der Waals surface area contributed by atoms with E-state index in [-0.39, 0.29) is 50.5 Å². The molecule has 0 saturated carbocycles. The Morgan fingerprint density at radius 3 is 1.76 bits per heavy atom. The van der Waals surface area contributed by atoms with Gasteiger partial charge in [-0.1, -0.05) is 11.6 Å². The first kappa shape index (κ1) is 27.9. The van der Waals surface area contributed by atoms with Gasteiger partial charge < -0.3 is 15.5 Å². The van der Waals surface area contributed by atoms with Gasteiger partial charge in [0.05, 0.1) is 18.1 Å². The number of nitrogens with zero attached hydrogens (tertiary/aromatic N) is 2. The molecule has 2 saturated heterocycles. The molecule has 0 aromatic heterocycles. The van der Waals surface area contributed by atoms with Crippen molar-refractivity contribution in [2.45, 2.75) is 18.8 Å². The Morgan fingerprint density at radius 2 is 1.32 bits per heavy atom. The molecule has 0 spiro atoms. The zero-order valence-corrected chi connectivity index (χ0v) is 22.1. The van der Waals surface area contributed by atoms with Crippen LogP contribution in [0.15, 0.2) is 48.5 Å². The fourth-order valence-corrected chi connectivity index (χ4v) is 5.48. The predicted molar refractivity (Wildman–Crippen MR) is 139 cm³/mol. The molecule has 2 aromatic carbocycles. The first-order valence-electron chi connectivity index (χ1n) is 11.9. The third-order valence-corrected chi connectivity index (χ3v) is 8.21. The van der Waals surface area contributed by atoms with Gasteiger partial charge in [-0.15, -0.1) is 0 Å². The topological polar surface area (TPSA) is 116 Å². The van der Waals surface area contributed by atoms with Crippen molar-refractivity contribution >= 4 is 50.7 Å². The first-order valence-corrected chi connectivity index (χ1v) is 14.1. The Balaban J connectivity index is 1.43. The van der Waals surface area contributed by atoms with Crippen molar-refractivity contribution < 1.29 is 31.6 Å². The number of hydrogen-bond donors (Lipinski definition) is 2. The summed E-state index contributed by atoms with van der Waals surface area (Å²) in [6.45, 7) is -0.400. The van der Waals surface area contributed by atoms with Gasteiger partial charge in [0.15, 0.2) is 0 Å². The summed E-state index contributed by atoms with van der Waals surface area (Å²) in [6.07, 6.45) is 0.248. The van der Waals surface area contributed by atoms with Crippen LogP contribution in [0.1, 0.15) is 23.2 Å². The normalized spacial score (nSPS) is 21.6. The molecule has 0 radical (unpaired) electrons. The summed E-state index contributed by atoms with van der Waals surface area (Å²) >= 11 is 5.88. The monoisotopic (exact) mass is 568 g/mol. The highest BCUT2D eigenvalue weighted by Gasteiger charge is 2.45. The van der Waals surface area contributed by atoms with E-state index < -0.39 is 39.6 Å². The Bertz CT molecular complexity index is 1310. The zero-order valence-electron chi connectivity index (χ0n) is 20.5. The summed E-state index contributed by atoms with van der Waals surface area (Å²) in [5.74, 6) is -6.11. The average molecular weight is 569 g/mol. The quantitative estimate of drug-likeness (QED) is 0.555. The Morgan fingerprint density at radius 1 is 0.868 bits per heavy atom. The van der Waals surface area contributed by atoms with Gasteiger partial charge in [-0.05, 0) is 48.5 Å². The van der Waals surface area contributed by atoms with Crippen molar-refractivity contribution in [3.05, 3.63) is 59.1 Å². The molecule has 2 aliphatic heterocycles. The Labute approximate surface area is 224 Å². The second-order valence-electron chi connectivity index (χ2n) is 9.50. The molecule has 0 bridgehead atoms. The number of piperidine rings is 1. The summed E-state index contributed by atoms with van der Waals surface area (Å²) in [5.41, 5.74) is 1.08. The van der Waals surface area contributed by atoms with Gasteiger partial charge in [0.1, 0.15) is 0 Å². The number of alkyl halides is 2. The van der Waals surface area contributed by atoms with E-state index in [1.807, 2.05) is 0 Å². The van der Waals surface area contributed by atoms with Gasteiger partial charge in [0.2, 0.25) is 21.8 Å². The molecule has 13 heteroatoms. The van der Waals surface area contributed by atoms with E-state index in [1.54, 1.807) is 24.3 Å². The number of likely N-dealkylation sites (tertiary alicyclic amines) is 1. The van der Waals surface area contributed by atoms with E-state index in [9.17, 15) is 31.6 Å². The molecule has 2 fully saturated rings. The molecule has 0 aliphatic carbocycles. The standard InChI is InChI=1S/C25H27ClF2N4O5S/c1-38(36,37)32-14-20(21(15-32)23(34)30-19-8-4-17(26)5-9-19)22(33)29-18-6-2-16(3-7-18)24(35)31-12-10-25(27,28)11-13-31/h2-9,20-21H,10-15H2,1H3,(H,29,33)(H,30,34)/t20-,21-/m0/s1. The molecular formula is C25H27ClF2N4O5S. The van der Waals surface area contributed by atoms with Crippen LogP contribution in [-0.4, -0.2) is 73.7 Å². The highest BCUT2D eigenvalue weighted by Crippen LogP contribution is 2.30. The SMILES string of the molecule is CS(=O)(=O)N1C[C@H](C(=O)Nc2ccc(Cl)cc2)[C@@H](C(=O)Nc2ccc(C(=O)N3CCC(F)(F)CC3)cc2)C1. The minimum Gasteiger partial charge on any atom is -0.338 e. The van der Waals surface area contributed by atoms with Crippen molar-refractivity contribution in [2.24, 2.45) is 11.8 Å². The molecule has 2 atom stereocenters. The fourth-order valence-electron chi connectivity index (χ4n) is 4.49. The number of carbonyl (C=O) groups is 3. The molecule has 2 N–H and O–H groups in total. The largest absolute Gasteiger partial charge is 0.338 e. The molecular weight excluding hydrogens is 542 g/mol. The van der Waals surface area contributed by atoms with Crippen molar-refractivity contribution in [3.63, 3.8) is 0 Å². The molecule has 2 heterocycles. The lowest BCUT2D eigenvalue weighted by atomic mass is 9.94. The second-order valence-corrected chi connectivity index (χ2v) is 11.9. The van der Waals surface area contributed by atoms with Crippen LogP contribution < -0.4 is 10.6 Å². The lowest BCUT2D eigenvalue weighted by molar-refractivity contribution is -0.127.